The van der Waals surface area contributed by atoms with Crippen LogP contribution in [0.25, 0.3) is 10.8 Å². The van der Waals surface area contributed by atoms with Crippen LogP contribution in [-0.4, -0.2) is 50.6 Å². The predicted octanol–water partition coefficient (Wildman–Crippen LogP) is 7.81. The number of fused-ring (bicyclic) bond motifs is 3. The van der Waals surface area contributed by atoms with Crippen molar-refractivity contribution in [2.45, 2.75) is 30.6 Å². The third-order valence-electron chi connectivity index (χ3n) is 9.03. The molecule has 1 saturated heterocycles. The lowest BCUT2D eigenvalue weighted by molar-refractivity contribution is 0.0787. The highest BCUT2D eigenvalue weighted by Crippen LogP contribution is 2.46. The minimum absolute atomic E-state index is 0.0176. The molecule has 4 aromatic rings. The molecule has 4 nitrogen and oxygen atoms in total. The lowest BCUT2D eigenvalue weighted by Gasteiger charge is -2.35. The van der Waals surface area contributed by atoms with E-state index in [4.69, 9.17) is 23.2 Å². The van der Waals surface area contributed by atoms with Crippen LogP contribution in [0.2, 0.25) is 10.0 Å². The Morgan fingerprint density at radius 3 is 2.50 bits per heavy atom. The van der Waals surface area contributed by atoms with Crippen LogP contribution in [0.5, 0.6) is 0 Å². The number of carbonyl (C=O) groups is 1. The molecule has 2 aliphatic rings. The van der Waals surface area contributed by atoms with Crippen molar-refractivity contribution in [2.75, 3.05) is 44.7 Å². The van der Waals surface area contributed by atoms with Gasteiger partial charge in [-0.3, -0.25) is 4.79 Å². The Morgan fingerprint density at radius 2 is 1.74 bits per heavy atom. The minimum atomic E-state index is -0.354. The normalized spacial score (nSPS) is 16.5. The molecule has 6 rings (SSSR count). The van der Waals surface area contributed by atoms with E-state index in [0.29, 0.717) is 45.9 Å². The molecule has 1 atom stereocenters. The van der Waals surface area contributed by atoms with Crippen LogP contribution in [0.4, 0.5) is 14.5 Å². The van der Waals surface area contributed by atoms with Gasteiger partial charge in [-0.05, 0) is 85.3 Å². The van der Waals surface area contributed by atoms with E-state index < -0.39 is 0 Å². The number of piperidine rings is 1. The number of amides is 1. The molecule has 2 aliphatic heterocycles. The van der Waals surface area contributed by atoms with Crippen molar-refractivity contribution in [2.24, 2.45) is 0 Å². The summed E-state index contributed by atoms with van der Waals surface area (Å²) in [4.78, 5) is 17.7. The van der Waals surface area contributed by atoms with Crippen LogP contribution in [0.3, 0.4) is 0 Å². The molecule has 4 aromatic carbocycles. The molecule has 0 unspecified atom stereocenters. The number of rotatable bonds is 7. The van der Waals surface area contributed by atoms with E-state index in [1.54, 1.807) is 54.4 Å². The predicted molar refractivity (Wildman–Crippen MR) is 167 cm³/mol. The number of hydrogen-bond donors (Lipinski definition) is 1. The van der Waals surface area contributed by atoms with Crippen molar-refractivity contribution in [3.63, 3.8) is 0 Å². The standard InChI is InChI=1S/C34H33Cl2F2N3O/c1-40(33(42)27-8-11-31(38)26-5-3-2-4-25(26)27)20-23(22-6-10-29(35)30(36)18-22)12-17-41-21-34(13-15-39-16-14-34)28-9-7-24(37)19-32(28)41/h2-11,18-19,23,39H,12-17,20-21H2,1H3/t23-/m1/s1. The second-order valence-electron chi connectivity index (χ2n) is 11.6. The Morgan fingerprint density at radius 1 is 0.976 bits per heavy atom. The Labute approximate surface area is 255 Å². The average Bonchev–Trinajstić information content (AvgIpc) is 3.28. The van der Waals surface area contributed by atoms with Crippen LogP contribution in [0, 0.1) is 11.6 Å². The van der Waals surface area contributed by atoms with Crippen LogP contribution in [0.15, 0.2) is 72.8 Å². The van der Waals surface area contributed by atoms with Crippen molar-refractivity contribution in [1.29, 1.82) is 0 Å². The molecule has 0 radical (unpaired) electrons. The average molecular weight is 609 g/mol. The number of nitrogens with zero attached hydrogens (tertiary/aromatic N) is 2. The zero-order chi connectivity index (χ0) is 29.4. The zero-order valence-corrected chi connectivity index (χ0v) is 25.0. The van der Waals surface area contributed by atoms with Gasteiger partial charge >= 0.3 is 0 Å². The van der Waals surface area contributed by atoms with Gasteiger partial charge < -0.3 is 15.1 Å². The van der Waals surface area contributed by atoms with Gasteiger partial charge in [0.25, 0.3) is 5.91 Å². The fourth-order valence-corrected chi connectivity index (χ4v) is 7.10. The van der Waals surface area contributed by atoms with Gasteiger partial charge in [-0.15, -0.1) is 0 Å². The molecule has 1 fully saturated rings. The number of halogens is 4. The number of hydrogen-bond acceptors (Lipinski definition) is 3. The molecule has 1 amide bonds. The first-order chi connectivity index (χ1) is 20.3. The van der Waals surface area contributed by atoms with Gasteiger partial charge in [0.2, 0.25) is 0 Å². The van der Waals surface area contributed by atoms with Crippen LogP contribution >= 0.6 is 23.2 Å². The monoisotopic (exact) mass is 607 g/mol. The Balaban J connectivity index is 1.27. The number of benzene rings is 4. The van der Waals surface area contributed by atoms with E-state index in [9.17, 15) is 13.6 Å². The maximum Gasteiger partial charge on any atom is 0.254 e. The smallest absolute Gasteiger partial charge is 0.254 e. The highest BCUT2D eigenvalue weighted by Gasteiger charge is 2.43. The second kappa shape index (κ2) is 11.8. The first-order valence-corrected chi connectivity index (χ1v) is 15.1. The number of likely N-dealkylation sites (N-methyl/N-ethyl adjacent to an activating group) is 1. The summed E-state index contributed by atoms with van der Waals surface area (Å²) in [5.74, 6) is -0.838. The molecule has 1 spiro atoms. The highest BCUT2D eigenvalue weighted by molar-refractivity contribution is 6.42. The van der Waals surface area contributed by atoms with E-state index in [-0.39, 0.29) is 28.9 Å². The summed E-state index contributed by atoms with van der Waals surface area (Å²) in [6.45, 7) is 3.85. The number of anilines is 1. The summed E-state index contributed by atoms with van der Waals surface area (Å²) in [6, 6.07) is 20.7. The molecule has 1 N–H and O–H groups in total. The summed E-state index contributed by atoms with van der Waals surface area (Å²) in [7, 11) is 1.77. The molecule has 8 heteroatoms. The summed E-state index contributed by atoms with van der Waals surface area (Å²) < 4.78 is 28.9. The molecular formula is C34H33Cl2F2N3O. The Kier molecular flexibility index (Phi) is 8.14. The molecule has 0 aliphatic carbocycles. The summed E-state index contributed by atoms with van der Waals surface area (Å²) >= 11 is 12.7. The van der Waals surface area contributed by atoms with E-state index >= 15 is 0 Å². The Hall–Kier alpha value is -3.19. The fourth-order valence-electron chi connectivity index (χ4n) is 6.79. The van der Waals surface area contributed by atoms with Crippen molar-refractivity contribution in [3.8, 4) is 0 Å². The van der Waals surface area contributed by atoms with E-state index in [2.05, 4.69) is 10.2 Å². The van der Waals surface area contributed by atoms with Crippen molar-refractivity contribution in [1.82, 2.24) is 10.2 Å². The Bertz CT molecular complexity index is 1640. The minimum Gasteiger partial charge on any atom is -0.370 e. The van der Waals surface area contributed by atoms with Gasteiger partial charge in [0.05, 0.1) is 10.0 Å². The van der Waals surface area contributed by atoms with Crippen molar-refractivity contribution < 1.29 is 13.6 Å². The van der Waals surface area contributed by atoms with Crippen LogP contribution < -0.4 is 10.2 Å². The fraction of sp³-hybridized carbons (Fsp3) is 0.324. The lowest BCUT2D eigenvalue weighted by atomic mass is 9.75. The van der Waals surface area contributed by atoms with Crippen LogP contribution in [-0.2, 0) is 5.41 Å². The van der Waals surface area contributed by atoms with E-state index in [0.717, 1.165) is 43.7 Å². The molecule has 0 aromatic heterocycles. The lowest BCUT2D eigenvalue weighted by Crippen LogP contribution is -2.43. The van der Waals surface area contributed by atoms with Gasteiger partial charge in [0.1, 0.15) is 11.6 Å². The van der Waals surface area contributed by atoms with Crippen LogP contribution in [0.1, 0.15) is 46.7 Å². The van der Waals surface area contributed by atoms with Gasteiger partial charge in [-0.2, -0.15) is 0 Å². The van der Waals surface area contributed by atoms with Gasteiger partial charge in [-0.25, -0.2) is 8.78 Å². The first kappa shape index (κ1) is 28.9. The second-order valence-corrected chi connectivity index (χ2v) is 12.4. The first-order valence-electron chi connectivity index (χ1n) is 14.4. The summed E-state index contributed by atoms with van der Waals surface area (Å²) in [5.41, 5.74) is 3.64. The van der Waals surface area contributed by atoms with Gasteiger partial charge in [0, 0.05) is 54.7 Å². The quantitative estimate of drug-likeness (QED) is 0.233. The maximum absolute atomic E-state index is 14.5. The summed E-state index contributed by atoms with van der Waals surface area (Å²) in [6.07, 6.45) is 2.74. The molecule has 2 heterocycles. The molecule has 218 valence electrons. The number of carbonyl (C=O) groups excluding carboxylic acids is 1. The van der Waals surface area contributed by atoms with E-state index in [1.165, 1.54) is 11.6 Å². The highest BCUT2D eigenvalue weighted by atomic mass is 35.5. The molecule has 0 saturated carbocycles. The maximum atomic E-state index is 14.5. The molecule has 42 heavy (non-hydrogen) atoms. The third-order valence-corrected chi connectivity index (χ3v) is 9.77. The van der Waals surface area contributed by atoms with Crippen molar-refractivity contribution in [3.05, 3.63) is 111 Å². The van der Waals surface area contributed by atoms with E-state index in [1.807, 2.05) is 24.3 Å². The van der Waals surface area contributed by atoms with Gasteiger partial charge in [0.15, 0.2) is 0 Å². The molecule has 0 bridgehead atoms. The topological polar surface area (TPSA) is 35.6 Å². The zero-order valence-electron chi connectivity index (χ0n) is 23.5. The van der Waals surface area contributed by atoms with Crippen molar-refractivity contribution >= 4 is 45.6 Å². The number of nitrogens with one attached hydrogen (secondary N) is 1. The third kappa shape index (κ3) is 5.48. The van der Waals surface area contributed by atoms with Gasteiger partial charge in [-0.1, -0.05) is 59.6 Å². The largest absolute Gasteiger partial charge is 0.370 e. The SMILES string of the molecule is CN(C[C@@H](CCN1CC2(CCNCC2)c2ccc(F)cc21)c1ccc(Cl)c(Cl)c1)C(=O)c1ccc(F)c2ccccc12. The summed E-state index contributed by atoms with van der Waals surface area (Å²) in [5, 5.41) is 5.40. The molecular weight excluding hydrogens is 575 g/mol.